The van der Waals surface area contributed by atoms with Gasteiger partial charge in [0.25, 0.3) is 5.56 Å². The van der Waals surface area contributed by atoms with Crippen molar-refractivity contribution in [3.63, 3.8) is 0 Å². The van der Waals surface area contributed by atoms with Gasteiger partial charge in [0.1, 0.15) is 5.82 Å². The highest BCUT2D eigenvalue weighted by Gasteiger charge is 2.22. The number of benzene rings is 3. The van der Waals surface area contributed by atoms with Gasteiger partial charge in [0.15, 0.2) is 0 Å². The van der Waals surface area contributed by atoms with E-state index in [9.17, 15) is 9.59 Å². The van der Waals surface area contributed by atoms with Crippen LogP contribution in [0.3, 0.4) is 0 Å². The number of hydrogen-bond acceptors (Lipinski definition) is 3. The first kappa shape index (κ1) is 17.4. The third-order valence-corrected chi connectivity index (χ3v) is 5.13. The van der Waals surface area contributed by atoms with E-state index in [1.165, 1.54) is 6.08 Å². The summed E-state index contributed by atoms with van der Waals surface area (Å²) in [6.45, 7) is 0. The van der Waals surface area contributed by atoms with Crippen LogP contribution >= 0.6 is 0 Å². The fourth-order valence-electron chi connectivity index (χ4n) is 3.43. The quantitative estimate of drug-likeness (QED) is 0.524. The van der Waals surface area contributed by atoms with E-state index < -0.39 is 0 Å². The highest BCUT2D eigenvalue weighted by Crippen LogP contribution is 2.24. The summed E-state index contributed by atoms with van der Waals surface area (Å²) < 4.78 is 0. The minimum absolute atomic E-state index is 0.121. The van der Waals surface area contributed by atoms with Gasteiger partial charge < -0.3 is 10.3 Å². The molecule has 1 saturated carbocycles. The second-order valence-electron chi connectivity index (χ2n) is 7.34. The number of fused-ring (bicyclic) bond motifs is 2. The SMILES string of the molecule is O=C(/C=C/c1cccc2c(=O)[nH]c(-c3ccc4ccccc4c3)nc12)NC1CC1. The summed E-state index contributed by atoms with van der Waals surface area (Å²) in [5.41, 5.74) is 1.96. The van der Waals surface area contributed by atoms with E-state index in [-0.39, 0.29) is 11.5 Å². The van der Waals surface area contributed by atoms with E-state index in [2.05, 4.69) is 10.3 Å². The molecule has 0 atom stereocenters. The number of H-pyrrole nitrogens is 1. The Bertz CT molecular complexity index is 1330. The van der Waals surface area contributed by atoms with Crippen molar-refractivity contribution in [1.29, 1.82) is 0 Å². The van der Waals surface area contributed by atoms with Crippen molar-refractivity contribution in [3.05, 3.63) is 82.7 Å². The third-order valence-electron chi connectivity index (χ3n) is 5.13. The zero-order valence-electron chi connectivity index (χ0n) is 15.7. The Morgan fingerprint density at radius 2 is 1.86 bits per heavy atom. The summed E-state index contributed by atoms with van der Waals surface area (Å²) in [6.07, 6.45) is 5.31. The molecule has 0 unspecified atom stereocenters. The molecule has 0 radical (unpaired) electrons. The molecule has 1 aliphatic carbocycles. The van der Waals surface area contributed by atoms with Crippen LogP contribution in [0.4, 0.5) is 0 Å². The number of aromatic amines is 1. The van der Waals surface area contributed by atoms with Crippen LogP contribution in [0.1, 0.15) is 18.4 Å². The third kappa shape index (κ3) is 3.55. The molecule has 1 heterocycles. The zero-order valence-corrected chi connectivity index (χ0v) is 15.7. The Morgan fingerprint density at radius 3 is 2.69 bits per heavy atom. The van der Waals surface area contributed by atoms with E-state index >= 15 is 0 Å². The first-order valence-corrected chi connectivity index (χ1v) is 9.68. The Labute approximate surface area is 167 Å². The smallest absolute Gasteiger partial charge is 0.259 e. The molecule has 1 aromatic heterocycles. The molecule has 3 aromatic carbocycles. The maximum absolute atomic E-state index is 12.7. The van der Waals surface area contributed by atoms with Gasteiger partial charge >= 0.3 is 0 Å². The molecule has 5 nitrogen and oxygen atoms in total. The largest absolute Gasteiger partial charge is 0.350 e. The van der Waals surface area contributed by atoms with Crippen LogP contribution in [0.25, 0.3) is 39.1 Å². The van der Waals surface area contributed by atoms with E-state index in [1.54, 1.807) is 18.2 Å². The summed E-state index contributed by atoms with van der Waals surface area (Å²) in [4.78, 5) is 32.3. The average Bonchev–Trinajstić information content (AvgIpc) is 3.56. The molecule has 0 bridgehead atoms. The summed E-state index contributed by atoms with van der Waals surface area (Å²) in [7, 11) is 0. The number of hydrogen-bond donors (Lipinski definition) is 2. The topological polar surface area (TPSA) is 74.8 Å². The van der Waals surface area contributed by atoms with Gasteiger partial charge in [-0.1, -0.05) is 48.5 Å². The van der Waals surface area contributed by atoms with Crippen molar-refractivity contribution in [3.8, 4) is 11.4 Å². The van der Waals surface area contributed by atoms with Gasteiger partial charge in [-0.3, -0.25) is 9.59 Å². The van der Waals surface area contributed by atoms with E-state index in [1.807, 2.05) is 48.5 Å². The van der Waals surface area contributed by atoms with Crippen LogP contribution in [0.5, 0.6) is 0 Å². The Morgan fingerprint density at radius 1 is 1.03 bits per heavy atom. The second-order valence-corrected chi connectivity index (χ2v) is 7.34. The number of nitrogens with zero attached hydrogens (tertiary/aromatic N) is 1. The number of amides is 1. The lowest BCUT2D eigenvalue weighted by Gasteiger charge is -2.07. The van der Waals surface area contributed by atoms with Crippen LogP contribution in [0.2, 0.25) is 0 Å². The molecule has 0 aliphatic heterocycles. The molecule has 142 valence electrons. The Hall–Kier alpha value is -3.73. The maximum Gasteiger partial charge on any atom is 0.259 e. The Balaban J connectivity index is 1.59. The monoisotopic (exact) mass is 381 g/mol. The predicted octanol–water partition coefficient (Wildman–Crippen LogP) is 4.04. The van der Waals surface area contributed by atoms with Crippen molar-refractivity contribution in [2.75, 3.05) is 0 Å². The summed E-state index contributed by atoms with van der Waals surface area (Å²) in [6, 6.07) is 19.8. The number of carbonyl (C=O) groups is 1. The number of para-hydroxylation sites is 1. The van der Waals surface area contributed by atoms with Crippen molar-refractivity contribution in [1.82, 2.24) is 15.3 Å². The number of aromatic nitrogens is 2. The van der Waals surface area contributed by atoms with Crippen LogP contribution < -0.4 is 10.9 Å². The predicted molar refractivity (Wildman–Crippen MR) is 116 cm³/mol. The molecule has 0 spiro atoms. The van der Waals surface area contributed by atoms with Crippen molar-refractivity contribution >= 4 is 33.7 Å². The molecular weight excluding hydrogens is 362 g/mol. The van der Waals surface area contributed by atoms with E-state index in [4.69, 9.17) is 4.98 Å². The molecule has 5 heteroatoms. The van der Waals surface area contributed by atoms with Gasteiger partial charge in [0, 0.05) is 23.2 Å². The number of nitrogens with one attached hydrogen (secondary N) is 2. The van der Waals surface area contributed by atoms with Gasteiger partial charge in [0.2, 0.25) is 5.91 Å². The normalized spacial score (nSPS) is 13.9. The average molecular weight is 381 g/mol. The molecular formula is C24H19N3O2. The second kappa shape index (κ2) is 7.02. The zero-order chi connectivity index (χ0) is 19.8. The molecule has 4 aromatic rings. The summed E-state index contributed by atoms with van der Waals surface area (Å²) >= 11 is 0. The lowest BCUT2D eigenvalue weighted by molar-refractivity contribution is -0.116. The Kier molecular flexibility index (Phi) is 4.21. The van der Waals surface area contributed by atoms with Gasteiger partial charge in [-0.05, 0) is 41.8 Å². The van der Waals surface area contributed by atoms with Crippen LogP contribution in [0.15, 0.2) is 71.5 Å². The molecule has 29 heavy (non-hydrogen) atoms. The number of carbonyl (C=O) groups excluding carboxylic acids is 1. The standard InChI is InChI=1S/C24H19N3O2/c28-21(25-19-11-12-19)13-10-16-6-3-7-20-22(16)26-23(27-24(20)29)18-9-8-15-4-1-2-5-17(15)14-18/h1-10,13-14,19H,11-12H2,(H,25,28)(H,26,27,29)/b13-10+. The van der Waals surface area contributed by atoms with Crippen molar-refractivity contribution in [2.45, 2.75) is 18.9 Å². The van der Waals surface area contributed by atoms with Gasteiger partial charge in [0.05, 0.1) is 10.9 Å². The lowest BCUT2D eigenvalue weighted by atomic mass is 10.1. The fraction of sp³-hybridized carbons (Fsp3) is 0.125. The minimum Gasteiger partial charge on any atom is -0.350 e. The number of rotatable bonds is 4. The molecule has 0 saturated heterocycles. The lowest BCUT2D eigenvalue weighted by Crippen LogP contribution is -2.22. The van der Waals surface area contributed by atoms with Crippen LogP contribution in [-0.2, 0) is 4.79 Å². The van der Waals surface area contributed by atoms with E-state index in [0.29, 0.717) is 22.8 Å². The summed E-state index contributed by atoms with van der Waals surface area (Å²) in [5.74, 6) is 0.389. The minimum atomic E-state index is -0.198. The molecule has 2 N–H and O–H groups in total. The molecule has 1 aliphatic rings. The highest BCUT2D eigenvalue weighted by atomic mass is 16.1. The fourth-order valence-corrected chi connectivity index (χ4v) is 3.43. The first-order chi connectivity index (χ1) is 14.2. The van der Waals surface area contributed by atoms with Crippen molar-refractivity contribution in [2.24, 2.45) is 0 Å². The van der Waals surface area contributed by atoms with Gasteiger partial charge in [-0.25, -0.2) is 4.98 Å². The van der Waals surface area contributed by atoms with Crippen molar-refractivity contribution < 1.29 is 4.79 Å². The van der Waals surface area contributed by atoms with Crippen LogP contribution in [0, 0.1) is 0 Å². The molecule has 1 fully saturated rings. The molecule has 5 rings (SSSR count). The van der Waals surface area contributed by atoms with Gasteiger partial charge in [-0.2, -0.15) is 0 Å². The maximum atomic E-state index is 12.7. The molecule has 1 amide bonds. The summed E-state index contributed by atoms with van der Waals surface area (Å²) in [5, 5.41) is 5.63. The first-order valence-electron chi connectivity index (χ1n) is 9.68. The van der Waals surface area contributed by atoms with Gasteiger partial charge in [-0.15, -0.1) is 0 Å². The highest BCUT2D eigenvalue weighted by molar-refractivity contribution is 5.96. The van der Waals surface area contributed by atoms with Crippen LogP contribution in [-0.4, -0.2) is 21.9 Å². The van der Waals surface area contributed by atoms with E-state index in [0.717, 1.165) is 34.7 Å².